The molecule has 0 amide bonds. The zero-order valence-electron chi connectivity index (χ0n) is 16.4. The van der Waals surface area contributed by atoms with Gasteiger partial charge in [-0.25, -0.2) is 0 Å². The van der Waals surface area contributed by atoms with Crippen molar-refractivity contribution in [2.45, 2.75) is 6.54 Å². The second-order valence-corrected chi connectivity index (χ2v) is 7.84. The first-order chi connectivity index (χ1) is 15.5. The van der Waals surface area contributed by atoms with Gasteiger partial charge in [0.15, 0.2) is 0 Å². The first kappa shape index (κ1) is 20.2. The third kappa shape index (κ3) is 3.62. The third-order valence-corrected chi connectivity index (χ3v) is 5.62. The van der Waals surface area contributed by atoms with E-state index in [0.717, 1.165) is 5.56 Å². The first-order valence-corrected chi connectivity index (χ1v) is 10.3. The molecule has 0 saturated heterocycles. The molecule has 5 rings (SSSR count). The summed E-state index contributed by atoms with van der Waals surface area (Å²) in [6, 6.07) is 17.3. The van der Waals surface area contributed by atoms with E-state index in [9.17, 15) is 9.90 Å². The Morgan fingerprint density at radius 1 is 1.06 bits per heavy atom. The quantitative estimate of drug-likeness (QED) is 0.351. The molecule has 32 heavy (non-hydrogen) atoms. The summed E-state index contributed by atoms with van der Waals surface area (Å²) < 4.78 is 7.00. The van der Waals surface area contributed by atoms with Crippen molar-refractivity contribution in [2.75, 3.05) is 0 Å². The van der Waals surface area contributed by atoms with Crippen molar-refractivity contribution in [3.05, 3.63) is 94.1 Å². The van der Waals surface area contributed by atoms with Gasteiger partial charge in [0.2, 0.25) is 5.82 Å². The molecule has 0 fully saturated rings. The summed E-state index contributed by atoms with van der Waals surface area (Å²) in [6.07, 6.45) is 1.59. The van der Waals surface area contributed by atoms with E-state index in [2.05, 4.69) is 15.1 Å². The van der Waals surface area contributed by atoms with Crippen LogP contribution in [-0.2, 0) is 6.54 Å². The summed E-state index contributed by atoms with van der Waals surface area (Å²) in [5, 5.41) is 15.2. The van der Waals surface area contributed by atoms with Gasteiger partial charge in [-0.15, -0.1) is 0 Å². The number of aromatic hydroxyl groups is 1. The maximum Gasteiger partial charge on any atom is 0.299 e. The van der Waals surface area contributed by atoms with Crippen LogP contribution in [0, 0.1) is 0 Å². The molecule has 3 heterocycles. The van der Waals surface area contributed by atoms with Crippen LogP contribution in [0.2, 0.25) is 10.2 Å². The molecule has 7 nitrogen and oxygen atoms in total. The lowest BCUT2D eigenvalue weighted by Crippen LogP contribution is -2.04. The lowest BCUT2D eigenvalue weighted by atomic mass is 10.1. The van der Waals surface area contributed by atoms with Crippen LogP contribution >= 0.6 is 23.2 Å². The Bertz CT molecular complexity index is 1440. The largest absolute Gasteiger partial charge is 0.508 e. The van der Waals surface area contributed by atoms with Gasteiger partial charge in [-0.2, -0.15) is 4.98 Å². The maximum absolute atomic E-state index is 13.3. The average Bonchev–Trinajstić information content (AvgIpc) is 3.39. The minimum absolute atomic E-state index is 0.00608. The second kappa shape index (κ2) is 8.11. The van der Waals surface area contributed by atoms with Gasteiger partial charge in [0.25, 0.3) is 11.7 Å². The van der Waals surface area contributed by atoms with Gasteiger partial charge in [-0.3, -0.25) is 9.78 Å². The van der Waals surface area contributed by atoms with Gasteiger partial charge in [0.05, 0.1) is 11.1 Å². The number of carbonyl (C=O) groups is 1. The van der Waals surface area contributed by atoms with E-state index < -0.39 is 5.78 Å². The molecular formula is C23H14Cl2N4O3. The van der Waals surface area contributed by atoms with Gasteiger partial charge in [0.1, 0.15) is 16.6 Å². The molecule has 0 aliphatic carbocycles. The van der Waals surface area contributed by atoms with Crippen LogP contribution < -0.4 is 0 Å². The number of pyridine rings is 1. The summed E-state index contributed by atoms with van der Waals surface area (Å²) in [6.45, 7) is 0.396. The molecule has 0 aliphatic heterocycles. The number of hydrogen-bond donors (Lipinski definition) is 1. The summed E-state index contributed by atoms with van der Waals surface area (Å²) in [4.78, 5) is 21.7. The van der Waals surface area contributed by atoms with Crippen LogP contribution in [0.3, 0.4) is 0 Å². The Morgan fingerprint density at radius 2 is 1.88 bits per heavy atom. The number of carbonyl (C=O) groups excluding carboxylic acids is 1. The van der Waals surface area contributed by atoms with Gasteiger partial charge < -0.3 is 14.2 Å². The molecule has 1 N–H and O–H groups in total. The minimum atomic E-state index is -0.546. The second-order valence-electron chi connectivity index (χ2n) is 7.05. The van der Waals surface area contributed by atoms with Crippen molar-refractivity contribution in [3.8, 4) is 17.3 Å². The molecule has 0 unspecified atom stereocenters. The lowest BCUT2D eigenvalue weighted by Gasteiger charge is -2.08. The van der Waals surface area contributed by atoms with Crippen molar-refractivity contribution in [1.29, 1.82) is 0 Å². The van der Waals surface area contributed by atoms with E-state index in [-0.39, 0.29) is 28.2 Å². The SMILES string of the molecule is O=C(c1nc(-c2ccccn2)no1)c1c(Cl)n(Cc2ccc(Cl)cc2)c2ccc(O)cc12. The van der Waals surface area contributed by atoms with Gasteiger partial charge in [-0.1, -0.05) is 46.6 Å². The molecule has 0 atom stereocenters. The van der Waals surface area contributed by atoms with Crippen LogP contribution in [0.5, 0.6) is 5.75 Å². The van der Waals surface area contributed by atoms with Crippen LogP contribution in [0.25, 0.3) is 22.4 Å². The van der Waals surface area contributed by atoms with E-state index in [1.807, 2.05) is 12.1 Å². The number of halogens is 2. The number of phenolic OH excluding ortho intramolecular Hbond substituents is 1. The fourth-order valence-electron chi connectivity index (χ4n) is 3.48. The fourth-order valence-corrected chi connectivity index (χ4v) is 3.94. The molecule has 0 bridgehead atoms. The molecule has 9 heteroatoms. The summed E-state index contributed by atoms with van der Waals surface area (Å²) in [5.74, 6) is -0.569. The molecule has 5 aromatic rings. The Kier molecular flexibility index (Phi) is 5.13. The van der Waals surface area contributed by atoms with E-state index in [4.69, 9.17) is 27.7 Å². The van der Waals surface area contributed by atoms with Gasteiger partial charge in [-0.05, 0) is 48.0 Å². The molecule has 158 valence electrons. The summed E-state index contributed by atoms with van der Waals surface area (Å²) in [5.41, 5.74) is 2.26. The highest BCUT2D eigenvalue weighted by molar-refractivity contribution is 6.36. The number of fused-ring (bicyclic) bond motifs is 1. The highest BCUT2D eigenvalue weighted by Gasteiger charge is 2.27. The van der Waals surface area contributed by atoms with Crippen LogP contribution in [-0.4, -0.2) is 30.6 Å². The predicted molar refractivity (Wildman–Crippen MR) is 120 cm³/mol. The van der Waals surface area contributed by atoms with Crippen LogP contribution in [0.1, 0.15) is 21.8 Å². The van der Waals surface area contributed by atoms with Crippen molar-refractivity contribution < 1.29 is 14.4 Å². The fraction of sp³-hybridized carbons (Fsp3) is 0.0435. The molecule has 0 radical (unpaired) electrons. The molecule has 3 aromatic heterocycles. The Morgan fingerprint density at radius 3 is 2.62 bits per heavy atom. The number of ketones is 1. The monoisotopic (exact) mass is 464 g/mol. The van der Waals surface area contributed by atoms with Crippen molar-refractivity contribution in [1.82, 2.24) is 19.7 Å². The molecular weight excluding hydrogens is 451 g/mol. The van der Waals surface area contributed by atoms with Crippen molar-refractivity contribution >= 4 is 39.9 Å². The van der Waals surface area contributed by atoms with Crippen molar-refractivity contribution in [3.63, 3.8) is 0 Å². The normalized spacial score (nSPS) is 11.2. The predicted octanol–water partition coefficient (Wildman–Crippen LogP) is 5.38. The summed E-state index contributed by atoms with van der Waals surface area (Å²) in [7, 11) is 0. The minimum Gasteiger partial charge on any atom is -0.508 e. The zero-order chi connectivity index (χ0) is 22.2. The third-order valence-electron chi connectivity index (χ3n) is 4.98. The van der Waals surface area contributed by atoms with E-state index in [1.165, 1.54) is 12.1 Å². The average molecular weight is 465 g/mol. The zero-order valence-corrected chi connectivity index (χ0v) is 17.9. The molecule has 0 aliphatic rings. The first-order valence-electron chi connectivity index (χ1n) is 9.56. The number of phenols is 1. The molecule has 2 aromatic carbocycles. The topological polar surface area (TPSA) is 94.0 Å². The van der Waals surface area contributed by atoms with E-state index in [0.29, 0.717) is 28.2 Å². The Hall–Kier alpha value is -3.68. The van der Waals surface area contributed by atoms with Crippen LogP contribution in [0.15, 0.2) is 71.4 Å². The van der Waals surface area contributed by atoms with Crippen molar-refractivity contribution in [2.24, 2.45) is 0 Å². The van der Waals surface area contributed by atoms with E-state index >= 15 is 0 Å². The standard InChI is InChI=1S/C23H14Cl2N4O3/c24-14-6-4-13(5-7-14)12-29-18-9-8-15(30)11-16(18)19(21(29)25)20(31)23-27-22(28-32-23)17-3-1-2-10-26-17/h1-11,30H,12H2. The number of benzene rings is 2. The Balaban J connectivity index is 1.60. The Labute approximate surface area is 191 Å². The van der Waals surface area contributed by atoms with E-state index in [1.54, 1.807) is 47.2 Å². The number of rotatable bonds is 5. The van der Waals surface area contributed by atoms with Crippen LogP contribution in [0.4, 0.5) is 0 Å². The molecule has 0 saturated carbocycles. The molecule has 0 spiro atoms. The lowest BCUT2D eigenvalue weighted by molar-refractivity contribution is 0.0995. The summed E-state index contributed by atoms with van der Waals surface area (Å²) >= 11 is 12.7. The highest BCUT2D eigenvalue weighted by atomic mass is 35.5. The van der Waals surface area contributed by atoms with Gasteiger partial charge >= 0.3 is 0 Å². The maximum atomic E-state index is 13.3. The highest BCUT2D eigenvalue weighted by Crippen LogP contribution is 2.34. The number of hydrogen-bond acceptors (Lipinski definition) is 6. The smallest absolute Gasteiger partial charge is 0.299 e. The number of aromatic nitrogens is 4. The van der Waals surface area contributed by atoms with Gasteiger partial charge in [0, 0.05) is 23.2 Å². The number of nitrogens with zero attached hydrogens (tertiary/aromatic N) is 4.